The van der Waals surface area contributed by atoms with Crippen molar-refractivity contribution in [2.45, 2.75) is 0 Å². The van der Waals surface area contributed by atoms with Gasteiger partial charge in [-0.25, -0.2) is 0 Å². The number of hydrogen-bond acceptors (Lipinski definition) is 4. The van der Waals surface area contributed by atoms with Crippen LogP contribution in [0.25, 0.3) is 0 Å². The van der Waals surface area contributed by atoms with Crippen LogP contribution in [0.3, 0.4) is 0 Å². The molecule has 0 atom stereocenters. The smallest absolute Gasteiger partial charge is 0.251 e. The first kappa shape index (κ1) is 20.5. The normalized spacial score (nSPS) is 13.0. The molecule has 5 nitrogen and oxygen atoms in total. The van der Waals surface area contributed by atoms with E-state index < -0.39 is 0 Å². The quantitative estimate of drug-likeness (QED) is 0.822. The highest BCUT2D eigenvalue weighted by molar-refractivity contribution is 6.32. The Morgan fingerprint density at radius 1 is 1.25 bits per heavy atom. The largest absolute Gasteiger partial charge is 0.456 e. The van der Waals surface area contributed by atoms with Gasteiger partial charge in [-0.15, -0.1) is 24.8 Å². The van der Waals surface area contributed by atoms with Crippen molar-refractivity contribution in [2.24, 2.45) is 5.92 Å². The average molecular weight is 391 g/mol. The van der Waals surface area contributed by atoms with Crippen molar-refractivity contribution >= 4 is 42.3 Å². The zero-order valence-corrected chi connectivity index (χ0v) is 15.1. The van der Waals surface area contributed by atoms with Gasteiger partial charge in [0.15, 0.2) is 0 Å². The predicted octanol–water partition coefficient (Wildman–Crippen LogP) is 3.32. The van der Waals surface area contributed by atoms with Crippen LogP contribution in [0.4, 0.5) is 0 Å². The Balaban J connectivity index is 0.00000144. The van der Waals surface area contributed by atoms with Crippen LogP contribution in [0.5, 0.6) is 11.5 Å². The first-order valence-corrected chi connectivity index (χ1v) is 7.46. The number of benzene rings is 1. The van der Waals surface area contributed by atoms with Gasteiger partial charge in [0.2, 0.25) is 0 Å². The van der Waals surface area contributed by atoms with Crippen LogP contribution in [0.2, 0.25) is 5.02 Å². The Morgan fingerprint density at radius 3 is 2.54 bits per heavy atom. The van der Waals surface area contributed by atoms with Gasteiger partial charge in [0.05, 0.1) is 5.02 Å². The van der Waals surface area contributed by atoms with Crippen LogP contribution in [-0.2, 0) is 0 Å². The van der Waals surface area contributed by atoms with E-state index in [0.717, 1.165) is 13.1 Å². The molecule has 0 saturated carbocycles. The lowest BCUT2D eigenvalue weighted by atomic mass is 10.0. The van der Waals surface area contributed by atoms with Crippen molar-refractivity contribution in [1.82, 2.24) is 15.6 Å². The first-order valence-electron chi connectivity index (χ1n) is 7.09. The number of rotatable bonds is 5. The zero-order chi connectivity index (χ0) is 15.4. The molecule has 0 radical (unpaired) electrons. The van der Waals surface area contributed by atoms with Crippen molar-refractivity contribution < 1.29 is 9.53 Å². The van der Waals surface area contributed by atoms with Gasteiger partial charge in [0.25, 0.3) is 5.91 Å². The molecular formula is C16H18Cl3N3O2. The molecule has 0 unspecified atom stereocenters. The van der Waals surface area contributed by atoms with Crippen LogP contribution in [0.1, 0.15) is 10.4 Å². The lowest BCUT2D eigenvalue weighted by Gasteiger charge is -2.27. The fourth-order valence-corrected chi connectivity index (χ4v) is 2.31. The molecule has 3 rings (SSSR count). The number of ether oxygens (including phenoxy) is 1. The zero-order valence-electron chi connectivity index (χ0n) is 12.7. The van der Waals surface area contributed by atoms with Gasteiger partial charge < -0.3 is 15.4 Å². The van der Waals surface area contributed by atoms with E-state index in [-0.39, 0.29) is 30.7 Å². The molecule has 1 aromatic heterocycles. The molecule has 2 aromatic rings. The van der Waals surface area contributed by atoms with Crippen molar-refractivity contribution in [3.05, 3.63) is 53.3 Å². The number of pyridine rings is 1. The molecule has 2 N–H and O–H groups in total. The second kappa shape index (κ2) is 9.69. The summed E-state index contributed by atoms with van der Waals surface area (Å²) in [6.07, 6.45) is 3.28. The Kier molecular flexibility index (Phi) is 8.28. The molecule has 24 heavy (non-hydrogen) atoms. The van der Waals surface area contributed by atoms with Crippen LogP contribution in [0, 0.1) is 5.92 Å². The number of aromatic nitrogens is 1. The summed E-state index contributed by atoms with van der Waals surface area (Å²) >= 11 is 6.19. The van der Waals surface area contributed by atoms with Gasteiger partial charge in [-0.1, -0.05) is 11.6 Å². The minimum atomic E-state index is -0.121. The number of halogens is 3. The molecule has 1 aliphatic heterocycles. The predicted molar refractivity (Wildman–Crippen MR) is 99.0 cm³/mol. The molecule has 130 valence electrons. The molecule has 1 fully saturated rings. The third kappa shape index (κ3) is 5.24. The van der Waals surface area contributed by atoms with Gasteiger partial charge in [0.1, 0.15) is 11.5 Å². The molecule has 1 saturated heterocycles. The van der Waals surface area contributed by atoms with E-state index in [1.807, 2.05) is 0 Å². The van der Waals surface area contributed by atoms with Crippen LogP contribution < -0.4 is 15.4 Å². The summed E-state index contributed by atoms with van der Waals surface area (Å²) in [5.74, 6) is 1.55. The Morgan fingerprint density at radius 2 is 1.96 bits per heavy atom. The second-order valence-electron chi connectivity index (χ2n) is 5.16. The molecule has 0 spiro atoms. The van der Waals surface area contributed by atoms with Gasteiger partial charge in [0, 0.05) is 43.5 Å². The highest BCUT2D eigenvalue weighted by atomic mass is 35.5. The maximum Gasteiger partial charge on any atom is 0.251 e. The first-order chi connectivity index (χ1) is 10.7. The highest BCUT2D eigenvalue weighted by Gasteiger charge is 2.18. The highest BCUT2D eigenvalue weighted by Crippen LogP contribution is 2.29. The lowest BCUT2D eigenvalue weighted by molar-refractivity contribution is 0.0942. The summed E-state index contributed by atoms with van der Waals surface area (Å²) < 4.78 is 5.66. The molecule has 0 aliphatic carbocycles. The minimum Gasteiger partial charge on any atom is -0.456 e. The maximum atomic E-state index is 12.1. The summed E-state index contributed by atoms with van der Waals surface area (Å²) in [7, 11) is 0. The Labute approximate surface area is 158 Å². The number of carbonyl (C=O) groups excluding carboxylic acids is 1. The minimum absolute atomic E-state index is 0. The summed E-state index contributed by atoms with van der Waals surface area (Å²) in [5.41, 5.74) is 0.527. The summed E-state index contributed by atoms with van der Waals surface area (Å²) in [6.45, 7) is 2.60. The van der Waals surface area contributed by atoms with E-state index in [2.05, 4.69) is 15.6 Å². The van der Waals surface area contributed by atoms with Crippen molar-refractivity contribution in [3.8, 4) is 11.5 Å². The molecule has 8 heteroatoms. The van der Waals surface area contributed by atoms with Crippen molar-refractivity contribution in [3.63, 3.8) is 0 Å². The molecule has 1 amide bonds. The van der Waals surface area contributed by atoms with Crippen molar-refractivity contribution in [1.29, 1.82) is 0 Å². The van der Waals surface area contributed by atoms with Gasteiger partial charge in [-0.05, 0) is 30.3 Å². The Bertz CT molecular complexity index is 667. The number of hydrogen-bond donors (Lipinski definition) is 2. The molecule has 1 aromatic carbocycles. The average Bonchev–Trinajstić information content (AvgIpc) is 2.48. The van der Waals surface area contributed by atoms with Crippen LogP contribution >= 0.6 is 36.4 Å². The lowest BCUT2D eigenvalue weighted by Crippen LogP contribution is -2.48. The molecule has 2 heterocycles. The van der Waals surface area contributed by atoms with E-state index in [9.17, 15) is 4.79 Å². The van der Waals surface area contributed by atoms with Crippen LogP contribution in [-0.4, -0.2) is 30.5 Å². The standard InChI is InChI=1S/C16H16ClN3O2.2ClH/c17-14-7-12(16(21)20-10-11-8-19-9-11)1-2-15(14)22-13-3-5-18-6-4-13;;/h1-7,11,19H,8-10H2,(H,20,21);2*1H. The van der Waals surface area contributed by atoms with Gasteiger partial charge in [-0.2, -0.15) is 0 Å². The fraction of sp³-hybridized carbons (Fsp3) is 0.250. The third-order valence-electron chi connectivity index (χ3n) is 3.49. The van der Waals surface area contributed by atoms with Gasteiger partial charge >= 0.3 is 0 Å². The maximum absolute atomic E-state index is 12.1. The van der Waals surface area contributed by atoms with Crippen LogP contribution in [0.15, 0.2) is 42.7 Å². The second-order valence-corrected chi connectivity index (χ2v) is 5.57. The van der Waals surface area contributed by atoms with Crippen molar-refractivity contribution in [2.75, 3.05) is 19.6 Å². The monoisotopic (exact) mass is 389 g/mol. The van der Waals surface area contributed by atoms with E-state index in [0.29, 0.717) is 34.5 Å². The molecule has 1 aliphatic rings. The third-order valence-corrected chi connectivity index (χ3v) is 3.78. The summed E-state index contributed by atoms with van der Waals surface area (Å²) in [5, 5.41) is 6.48. The number of amides is 1. The molecule has 0 bridgehead atoms. The summed E-state index contributed by atoms with van der Waals surface area (Å²) in [4.78, 5) is 16.0. The van der Waals surface area contributed by atoms with E-state index in [1.54, 1.807) is 42.7 Å². The van der Waals surface area contributed by atoms with Gasteiger partial charge in [-0.3, -0.25) is 9.78 Å². The molecular weight excluding hydrogens is 373 g/mol. The Hall–Kier alpha value is -1.53. The number of nitrogens with one attached hydrogen (secondary N) is 2. The topological polar surface area (TPSA) is 63.2 Å². The number of carbonyl (C=O) groups is 1. The number of nitrogens with zero attached hydrogens (tertiary/aromatic N) is 1. The fourth-order valence-electron chi connectivity index (χ4n) is 2.09. The van der Waals surface area contributed by atoms with E-state index in [4.69, 9.17) is 16.3 Å². The SMILES string of the molecule is Cl.Cl.O=C(NCC1CNC1)c1ccc(Oc2ccncc2)c(Cl)c1. The summed E-state index contributed by atoms with van der Waals surface area (Å²) in [6, 6.07) is 8.50. The van der Waals surface area contributed by atoms with E-state index >= 15 is 0 Å². The van der Waals surface area contributed by atoms with E-state index in [1.165, 1.54) is 0 Å².